The van der Waals surface area contributed by atoms with Crippen LogP contribution in [0.4, 0.5) is 4.39 Å². The van der Waals surface area contributed by atoms with E-state index in [2.05, 4.69) is 43.5 Å². The number of aryl methyl sites for hydroxylation is 1. The van der Waals surface area contributed by atoms with E-state index in [1.54, 1.807) is 0 Å². The quantitative estimate of drug-likeness (QED) is 0.507. The predicted octanol–water partition coefficient (Wildman–Crippen LogP) is 4.05. The number of rotatable bonds is 0. The van der Waals surface area contributed by atoms with Crippen molar-refractivity contribution in [3.8, 4) is 0 Å². The van der Waals surface area contributed by atoms with Crippen LogP contribution in [0.1, 0.15) is 5.56 Å². The van der Waals surface area contributed by atoms with Gasteiger partial charge in [0.05, 0.1) is 0 Å². The molecule has 1 aromatic heterocycles. The van der Waals surface area contributed by atoms with Crippen molar-refractivity contribution in [2.75, 3.05) is 0 Å². The van der Waals surface area contributed by atoms with E-state index in [1.807, 2.05) is 19.1 Å². The first-order valence-electron chi connectivity index (χ1n) is 4.00. The maximum absolute atomic E-state index is 13.5. The van der Waals surface area contributed by atoms with Gasteiger partial charge in [-0.15, -0.1) is 0 Å². The maximum Gasteiger partial charge on any atom is 0.150 e. The molecule has 0 N–H and O–H groups in total. The number of nitrogens with zero attached hydrogens (tertiary/aromatic N) is 1. The SMILES string of the molecule is Cc1cc(Br)nc2c(F)cc(I)cc12. The second kappa shape index (κ2) is 3.73. The minimum absolute atomic E-state index is 0.267. The number of benzene rings is 1. The third kappa shape index (κ3) is 1.77. The van der Waals surface area contributed by atoms with Gasteiger partial charge in [-0.2, -0.15) is 0 Å². The average molecular weight is 366 g/mol. The molecule has 0 fully saturated rings. The minimum atomic E-state index is -0.267. The summed E-state index contributed by atoms with van der Waals surface area (Å²) >= 11 is 5.36. The standard InChI is InChI=1S/C10H6BrFIN/c1-5-2-9(11)14-10-7(5)3-6(13)4-8(10)12/h2-4H,1H3. The van der Waals surface area contributed by atoms with Crippen molar-refractivity contribution in [3.05, 3.63) is 37.8 Å². The van der Waals surface area contributed by atoms with Crippen LogP contribution < -0.4 is 0 Å². The van der Waals surface area contributed by atoms with Crippen molar-refractivity contribution in [2.24, 2.45) is 0 Å². The lowest BCUT2D eigenvalue weighted by Gasteiger charge is -2.04. The summed E-state index contributed by atoms with van der Waals surface area (Å²) in [5.41, 5.74) is 1.46. The number of fused-ring (bicyclic) bond motifs is 1. The summed E-state index contributed by atoms with van der Waals surface area (Å²) in [7, 11) is 0. The van der Waals surface area contributed by atoms with Gasteiger partial charge in [-0.1, -0.05) is 0 Å². The molecule has 1 nitrogen and oxygen atoms in total. The van der Waals surface area contributed by atoms with Crippen molar-refractivity contribution >= 4 is 49.4 Å². The Morgan fingerprint density at radius 3 is 2.79 bits per heavy atom. The number of hydrogen-bond acceptors (Lipinski definition) is 1. The highest BCUT2D eigenvalue weighted by Gasteiger charge is 2.07. The third-order valence-electron chi connectivity index (χ3n) is 2.01. The number of pyridine rings is 1. The van der Waals surface area contributed by atoms with Crippen molar-refractivity contribution in [2.45, 2.75) is 6.92 Å². The number of halogens is 3. The van der Waals surface area contributed by atoms with Gasteiger partial charge in [-0.3, -0.25) is 0 Å². The molecule has 0 aliphatic rings. The van der Waals surface area contributed by atoms with Gasteiger partial charge in [0.25, 0.3) is 0 Å². The molecule has 4 heteroatoms. The summed E-state index contributed by atoms with van der Waals surface area (Å²) in [4.78, 5) is 4.12. The van der Waals surface area contributed by atoms with Gasteiger partial charge in [0.2, 0.25) is 0 Å². The zero-order chi connectivity index (χ0) is 10.3. The Labute approximate surface area is 103 Å². The van der Waals surface area contributed by atoms with Crippen LogP contribution in [-0.2, 0) is 0 Å². The van der Waals surface area contributed by atoms with E-state index in [1.165, 1.54) is 6.07 Å². The molecule has 0 aliphatic heterocycles. The molecule has 0 amide bonds. The molecule has 0 saturated heterocycles. The number of aromatic nitrogens is 1. The topological polar surface area (TPSA) is 12.9 Å². The fraction of sp³-hybridized carbons (Fsp3) is 0.100. The molecule has 0 saturated carbocycles. The lowest BCUT2D eigenvalue weighted by molar-refractivity contribution is 0.635. The summed E-state index contributed by atoms with van der Waals surface area (Å²) in [5, 5.41) is 0.873. The molecule has 0 unspecified atom stereocenters. The highest BCUT2D eigenvalue weighted by atomic mass is 127. The minimum Gasteiger partial charge on any atom is -0.238 e. The lowest BCUT2D eigenvalue weighted by atomic mass is 10.1. The highest BCUT2D eigenvalue weighted by Crippen LogP contribution is 2.24. The molecule has 72 valence electrons. The molecule has 2 aromatic rings. The van der Waals surface area contributed by atoms with Crippen LogP contribution in [0, 0.1) is 16.3 Å². The van der Waals surface area contributed by atoms with Crippen LogP contribution in [0.25, 0.3) is 10.9 Å². The van der Waals surface area contributed by atoms with Crippen LogP contribution in [0.3, 0.4) is 0 Å². The zero-order valence-electron chi connectivity index (χ0n) is 7.31. The van der Waals surface area contributed by atoms with E-state index >= 15 is 0 Å². The van der Waals surface area contributed by atoms with Gasteiger partial charge >= 0.3 is 0 Å². The van der Waals surface area contributed by atoms with E-state index < -0.39 is 0 Å². The monoisotopic (exact) mass is 365 g/mol. The van der Waals surface area contributed by atoms with Crippen LogP contribution in [0.2, 0.25) is 0 Å². The summed E-state index contributed by atoms with van der Waals surface area (Å²) in [6.45, 7) is 1.95. The van der Waals surface area contributed by atoms with Gasteiger partial charge in [-0.05, 0) is 69.2 Å². The molecule has 0 bridgehead atoms. The van der Waals surface area contributed by atoms with Crippen molar-refractivity contribution < 1.29 is 4.39 Å². The molecule has 0 atom stereocenters. The van der Waals surface area contributed by atoms with Gasteiger partial charge in [0.15, 0.2) is 5.82 Å². The molecule has 1 aromatic carbocycles. The van der Waals surface area contributed by atoms with Gasteiger partial charge < -0.3 is 0 Å². The van der Waals surface area contributed by atoms with E-state index in [4.69, 9.17) is 0 Å². The number of hydrogen-bond donors (Lipinski definition) is 0. The smallest absolute Gasteiger partial charge is 0.150 e. The molecule has 0 radical (unpaired) electrons. The first-order chi connectivity index (χ1) is 6.58. The molecule has 14 heavy (non-hydrogen) atoms. The summed E-state index contributed by atoms with van der Waals surface area (Å²) in [6.07, 6.45) is 0. The lowest BCUT2D eigenvalue weighted by Crippen LogP contribution is -1.90. The molecule has 0 spiro atoms. The van der Waals surface area contributed by atoms with E-state index in [-0.39, 0.29) is 5.82 Å². The maximum atomic E-state index is 13.5. The fourth-order valence-electron chi connectivity index (χ4n) is 1.38. The molecule has 1 heterocycles. The van der Waals surface area contributed by atoms with Crippen molar-refractivity contribution in [1.29, 1.82) is 0 Å². The van der Waals surface area contributed by atoms with Gasteiger partial charge in [0, 0.05) is 8.96 Å². The summed E-state index contributed by atoms with van der Waals surface area (Å²) in [6, 6.07) is 5.31. The normalized spacial score (nSPS) is 10.9. The van der Waals surface area contributed by atoms with Crippen LogP contribution in [0.5, 0.6) is 0 Å². The summed E-state index contributed by atoms with van der Waals surface area (Å²) < 4.78 is 15.1. The van der Waals surface area contributed by atoms with Gasteiger partial charge in [0.1, 0.15) is 10.1 Å². The van der Waals surface area contributed by atoms with Crippen molar-refractivity contribution in [1.82, 2.24) is 4.98 Å². The van der Waals surface area contributed by atoms with Crippen LogP contribution >= 0.6 is 38.5 Å². The Hall–Kier alpha value is -0.230. The second-order valence-electron chi connectivity index (χ2n) is 3.05. The van der Waals surface area contributed by atoms with Crippen LogP contribution in [-0.4, -0.2) is 4.98 Å². The average Bonchev–Trinajstić information content (AvgIpc) is 2.07. The Kier molecular flexibility index (Phi) is 2.74. The second-order valence-corrected chi connectivity index (χ2v) is 5.10. The Morgan fingerprint density at radius 1 is 1.36 bits per heavy atom. The first-order valence-corrected chi connectivity index (χ1v) is 5.87. The van der Waals surface area contributed by atoms with E-state index in [0.29, 0.717) is 10.1 Å². The Bertz CT molecular complexity index is 466. The predicted molar refractivity (Wildman–Crippen MR) is 66.9 cm³/mol. The summed E-state index contributed by atoms with van der Waals surface area (Å²) in [5.74, 6) is -0.267. The van der Waals surface area contributed by atoms with Crippen molar-refractivity contribution in [3.63, 3.8) is 0 Å². The fourth-order valence-corrected chi connectivity index (χ4v) is 2.48. The first kappa shape index (κ1) is 10.3. The van der Waals surface area contributed by atoms with E-state index in [0.717, 1.165) is 14.5 Å². The molecule has 2 rings (SSSR count). The van der Waals surface area contributed by atoms with Crippen LogP contribution in [0.15, 0.2) is 22.8 Å². The molecular weight excluding hydrogens is 360 g/mol. The molecule has 0 aliphatic carbocycles. The zero-order valence-corrected chi connectivity index (χ0v) is 11.1. The van der Waals surface area contributed by atoms with E-state index in [9.17, 15) is 4.39 Å². The third-order valence-corrected chi connectivity index (χ3v) is 3.04. The largest absolute Gasteiger partial charge is 0.238 e. The molecular formula is C10H6BrFIN. The highest BCUT2D eigenvalue weighted by molar-refractivity contribution is 14.1. The Balaban J connectivity index is 2.94. The van der Waals surface area contributed by atoms with Gasteiger partial charge in [-0.25, -0.2) is 9.37 Å². The Morgan fingerprint density at radius 2 is 2.07 bits per heavy atom.